The van der Waals surface area contributed by atoms with Gasteiger partial charge in [0.15, 0.2) is 0 Å². The molecule has 4 heteroatoms. The highest BCUT2D eigenvalue weighted by Crippen LogP contribution is 2.44. The maximum Gasteiger partial charge on any atom is 0.223 e. The van der Waals surface area contributed by atoms with Gasteiger partial charge in [-0.2, -0.15) is 0 Å². The number of hydrogen-bond donors (Lipinski definition) is 0. The average molecular weight is 397 g/mol. The number of hydrogen-bond acceptors (Lipinski definition) is 3. The molecule has 0 spiro atoms. The van der Waals surface area contributed by atoms with Crippen molar-refractivity contribution in [3.8, 4) is 11.3 Å². The Balaban J connectivity index is 1.87. The van der Waals surface area contributed by atoms with Crippen LogP contribution in [0.3, 0.4) is 0 Å². The highest BCUT2D eigenvalue weighted by Gasteiger charge is 2.17. The zero-order chi connectivity index (χ0) is 18.7. The van der Waals surface area contributed by atoms with Gasteiger partial charge in [0.25, 0.3) is 0 Å². The molecule has 0 aliphatic carbocycles. The molecule has 2 heterocycles. The smallest absolute Gasteiger partial charge is 0.218 e. The van der Waals surface area contributed by atoms with Crippen LogP contribution in [0.25, 0.3) is 53.1 Å². The summed E-state index contributed by atoms with van der Waals surface area (Å²) in [5.41, 5.74) is 2.85. The zero-order valence-corrected chi connectivity index (χ0v) is 16.3. The molecule has 0 unspecified atom stereocenters. The van der Waals surface area contributed by atoms with Crippen LogP contribution in [0, 0.1) is 0 Å². The Labute approximate surface area is 170 Å². The van der Waals surface area contributed by atoms with Gasteiger partial charge in [-0.25, -0.2) is 9.97 Å². The van der Waals surface area contributed by atoms with Crippen molar-refractivity contribution in [2.24, 2.45) is 0 Å². The van der Waals surface area contributed by atoms with Crippen molar-refractivity contribution in [3.05, 3.63) is 84.1 Å². The summed E-state index contributed by atoms with van der Waals surface area (Å²) in [6, 6.07) is 27.4. The molecular weight excluding hydrogens is 384 g/mol. The van der Waals surface area contributed by atoms with E-state index in [1.54, 1.807) is 0 Å². The fraction of sp³-hybridized carbons (Fsp3) is 0. The monoisotopic (exact) mass is 396 g/mol. The Morgan fingerprint density at radius 2 is 1.43 bits per heavy atom. The van der Waals surface area contributed by atoms with E-state index < -0.39 is 0 Å². The highest BCUT2D eigenvalue weighted by molar-refractivity contribution is 7.26. The van der Waals surface area contributed by atoms with Crippen molar-refractivity contribution in [2.45, 2.75) is 0 Å². The largest absolute Gasteiger partial charge is 0.223 e. The first-order valence-electron chi connectivity index (χ1n) is 9.05. The molecule has 28 heavy (non-hydrogen) atoms. The second kappa shape index (κ2) is 5.99. The van der Waals surface area contributed by atoms with Crippen molar-refractivity contribution in [2.75, 3.05) is 0 Å². The van der Waals surface area contributed by atoms with Crippen LogP contribution in [0.4, 0.5) is 0 Å². The van der Waals surface area contributed by atoms with E-state index in [-0.39, 0.29) is 5.28 Å². The number of para-hydroxylation sites is 1. The van der Waals surface area contributed by atoms with Gasteiger partial charge >= 0.3 is 0 Å². The lowest BCUT2D eigenvalue weighted by Crippen LogP contribution is -1.92. The number of benzene rings is 4. The minimum absolute atomic E-state index is 0.274. The van der Waals surface area contributed by atoms with Crippen molar-refractivity contribution < 1.29 is 0 Å². The summed E-state index contributed by atoms with van der Waals surface area (Å²) in [5.74, 6) is 0. The molecule has 0 fully saturated rings. The third-order valence-electron chi connectivity index (χ3n) is 5.20. The van der Waals surface area contributed by atoms with Crippen molar-refractivity contribution >= 4 is 64.8 Å². The van der Waals surface area contributed by atoms with Gasteiger partial charge in [0.2, 0.25) is 5.28 Å². The average Bonchev–Trinajstić information content (AvgIpc) is 3.12. The summed E-state index contributed by atoms with van der Waals surface area (Å²) in [6.45, 7) is 0. The van der Waals surface area contributed by atoms with Crippen LogP contribution >= 0.6 is 22.9 Å². The molecule has 0 atom stereocenters. The van der Waals surface area contributed by atoms with Crippen LogP contribution in [0.1, 0.15) is 0 Å². The number of thiophene rings is 1. The lowest BCUT2D eigenvalue weighted by molar-refractivity contribution is 1.23. The van der Waals surface area contributed by atoms with Gasteiger partial charge < -0.3 is 0 Å². The summed E-state index contributed by atoms with van der Waals surface area (Å²) in [4.78, 5) is 9.06. The molecular formula is C24H13ClN2S. The van der Waals surface area contributed by atoms with E-state index in [1.807, 2.05) is 29.5 Å². The number of rotatable bonds is 1. The SMILES string of the molecule is Clc1nc(-c2cc3ccccc3c3c2sc2ccccc23)c2ccccc2n1. The van der Waals surface area contributed by atoms with Gasteiger partial charge in [0.05, 0.1) is 11.2 Å². The molecule has 2 aromatic heterocycles. The zero-order valence-electron chi connectivity index (χ0n) is 14.7. The Kier molecular flexibility index (Phi) is 3.42. The van der Waals surface area contributed by atoms with E-state index >= 15 is 0 Å². The predicted molar refractivity (Wildman–Crippen MR) is 120 cm³/mol. The van der Waals surface area contributed by atoms with Crippen LogP contribution in [0.5, 0.6) is 0 Å². The lowest BCUT2D eigenvalue weighted by Gasteiger charge is -2.10. The minimum atomic E-state index is 0.274. The molecule has 0 bridgehead atoms. The Morgan fingerprint density at radius 1 is 0.714 bits per heavy atom. The summed E-state index contributed by atoms with van der Waals surface area (Å²) >= 11 is 8.11. The van der Waals surface area contributed by atoms with E-state index in [4.69, 9.17) is 11.6 Å². The molecule has 0 radical (unpaired) electrons. The molecule has 4 aromatic carbocycles. The minimum Gasteiger partial charge on any atom is -0.218 e. The fourth-order valence-electron chi connectivity index (χ4n) is 4.00. The van der Waals surface area contributed by atoms with Gasteiger partial charge in [-0.3, -0.25) is 0 Å². The first-order valence-corrected chi connectivity index (χ1v) is 10.2. The van der Waals surface area contributed by atoms with Crippen molar-refractivity contribution in [1.29, 1.82) is 0 Å². The summed E-state index contributed by atoms with van der Waals surface area (Å²) in [7, 11) is 0. The number of aromatic nitrogens is 2. The Bertz CT molecular complexity index is 1530. The third-order valence-corrected chi connectivity index (χ3v) is 6.57. The molecule has 6 rings (SSSR count). The van der Waals surface area contributed by atoms with E-state index in [0.717, 1.165) is 22.2 Å². The van der Waals surface area contributed by atoms with Crippen molar-refractivity contribution in [3.63, 3.8) is 0 Å². The van der Waals surface area contributed by atoms with Crippen LogP contribution in [0.2, 0.25) is 5.28 Å². The predicted octanol–water partition coefficient (Wildman–Crippen LogP) is 7.47. The molecule has 0 aliphatic rings. The highest BCUT2D eigenvalue weighted by atomic mass is 35.5. The lowest BCUT2D eigenvalue weighted by atomic mass is 9.97. The first kappa shape index (κ1) is 16.0. The molecule has 6 aromatic rings. The topological polar surface area (TPSA) is 25.8 Å². The third kappa shape index (κ3) is 2.27. The van der Waals surface area contributed by atoms with E-state index in [9.17, 15) is 0 Å². The van der Waals surface area contributed by atoms with E-state index in [0.29, 0.717) is 0 Å². The van der Waals surface area contributed by atoms with Gasteiger partial charge in [0, 0.05) is 31.1 Å². The first-order chi connectivity index (χ1) is 13.8. The molecule has 0 saturated carbocycles. The van der Waals surface area contributed by atoms with E-state index in [2.05, 4.69) is 70.6 Å². The van der Waals surface area contributed by atoms with Gasteiger partial charge in [-0.05, 0) is 40.6 Å². The molecule has 132 valence electrons. The number of halogens is 1. The summed E-state index contributed by atoms with van der Waals surface area (Å²) in [5, 5.41) is 6.32. The van der Waals surface area contributed by atoms with Crippen LogP contribution in [-0.2, 0) is 0 Å². The van der Waals surface area contributed by atoms with Crippen LogP contribution < -0.4 is 0 Å². The Morgan fingerprint density at radius 3 is 2.32 bits per heavy atom. The molecule has 0 amide bonds. The number of nitrogens with zero attached hydrogens (tertiary/aromatic N) is 2. The standard InChI is InChI=1S/C24H13ClN2S/c25-24-26-19-11-5-3-9-16(19)22(27-24)18-13-14-7-1-2-8-15(14)21-17-10-4-6-12-20(17)28-23(18)21/h1-13H. The molecule has 2 nitrogen and oxygen atoms in total. The van der Waals surface area contributed by atoms with Crippen molar-refractivity contribution in [1.82, 2.24) is 9.97 Å². The molecule has 0 aliphatic heterocycles. The number of fused-ring (bicyclic) bond motifs is 6. The quantitative estimate of drug-likeness (QED) is 0.269. The maximum absolute atomic E-state index is 6.30. The second-order valence-corrected chi connectivity index (χ2v) is 8.20. The second-order valence-electron chi connectivity index (χ2n) is 6.81. The Hall–Kier alpha value is -3.01. The van der Waals surface area contributed by atoms with Gasteiger partial charge in [0.1, 0.15) is 0 Å². The summed E-state index contributed by atoms with van der Waals surface area (Å²) < 4.78 is 2.51. The van der Waals surface area contributed by atoms with Gasteiger partial charge in [-0.15, -0.1) is 11.3 Å². The van der Waals surface area contributed by atoms with Gasteiger partial charge in [-0.1, -0.05) is 60.7 Å². The maximum atomic E-state index is 6.30. The summed E-state index contributed by atoms with van der Waals surface area (Å²) in [6.07, 6.45) is 0. The molecule has 0 saturated heterocycles. The molecule has 0 N–H and O–H groups in total. The van der Waals surface area contributed by atoms with Crippen LogP contribution in [-0.4, -0.2) is 9.97 Å². The fourth-order valence-corrected chi connectivity index (χ4v) is 5.41. The van der Waals surface area contributed by atoms with E-state index in [1.165, 1.54) is 30.9 Å². The van der Waals surface area contributed by atoms with Crippen LogP contribution in [0.15, 0.2) is 78.9 Å². The normalized spacial score (nSPS) is 11.8.